The van der Waals surface area contributed by atoms with Crippen molar-refractivity contribution < 1.29 is 23.8 Å². The van der Waals surface area contributed by atoms with Crippen LogP contribution in [0.4, 0.5) is 9.59 Å². The lowest BCUT2D eigenvalue weighted by Gasteiger charge is -2.09. The molecule has 0 rings (SSSR count). The second kappa shape index (κ2) is 8.08. The van der Waals surface area contributed by atoms with Gasteiger partial charge in [0.1, 0.15) is 6.10 Å². The Morgan fingerprint density at radius 3 is 2.40 bits per heavy atom. The van der Waals surface area contributed by atoms with Gasteiger partial charge in [0.15, 0.2) is 0 Å². The number of carbonyl (C=O) groups excluding carboxylic acids is 2. The zero-order valence-electron chi connectivity index (χ0n) is 9.45. The van der Waals surface area contributed by atoms with E-state index >= 15 is 0 Å². The van der Waals surface area contributed by atoms with Crippen molar-refractivity contribution >= 4 is 12.3 Å². The molecule has 0 saturated heterocycles. The maximum absolute atomic E-state index is 10.9. The highest BCUT2D eigenvalue weighted by molar-refractivity contribution is 5.76. The third-order valence-corrected chi connectivity index (χ3v) is 1.76. The van der Waals surface area contributed by atoms with Gasteiger partial charge >= 0.3 is 12.3 Å². The first-order valence-corrected chi connectivity index (χ1v) is 5.15. The van der Waals surface area contributed by atoms with E-state index in [1.165, 1.54) is 0 Å². The van der Waals surface area contributed by atoms with Crippen molar-refractivity contribution in [3.63, 3.8) is 0 Å². The summed E-state index contributed by atoms with van der Waals surface area (Å²) in [7, 11) is 0. The molecule has 0 aliphatic carbocycles. The van der Waals surface area contributed by atoms with Crippen LogP contribution in [0.1, 0.15) is 40.0 Å². The lowest BCUT2D eigenvalue weighted by molar-refractivity contribution is 0.0192. The molecule has 0 fully saturated rings. The molecule has 15 heavy (non-hydrogen) atoms. The molecule has 0 radical (unpaired) electrons. The smallest absolute Gasteiger partial charge is 0.434 e. The molecule has 0 aliphatic rings. The summed E-state index contributed by atoms with van der Waals surface area (Å²) in [6, 6.07) is 0. The second-order valence-electron chi connectivity index (χ2n) is 3.14. The summed E-state index contributed by atoms with van der Waals surface area (Å²) in [5, 5.41) is 0. The van der Waals surface area contributed by atoms with E-state index in [1.807, 2.05) is 13.8 Å². The summed E-state index contributed by atoms with van der Waals surface area (Å²) < 4.78 is 13.6. The van der Waals surface area contributed by atoms with Gasteiger partial charge in [-0.05, 0) is 19.8 Å². The predicted molar refractivity (Wildman–Crippen MR) is 53.6 cm³/mol. The Kier molecular flexibility index (Phi) is 7.40. The van der Waals surface area contributed by atoms with E-state index in [0.29, 0.717) is 6.42 Å². The van der Waals surface area contributed by atoms with Gasteiger partial charge in [-0.2, -0.15) is 0 Å². The normalized spacial score (nSPS) is 11.7. The summed E-state index contributed by atoms with van der Waals surface area (Å²) in [5.41, 5.74) is 0. The van der Waals surface area contributed by atoms with Crippen LogP contribution in [0.3, 0.4) is 0 Å². The predicted octanol–water partition coefficient (Wildman–Crippen LogP) is 2.87. The van der Waals surface area contributed by atoms with Gasteiger partial charge < -0.3 is 14.2 Å². The molecule has 0 heterocycles. The monoisotopic (exact) mass is 218 g/mol. The van der Waals surface area contributed by atoms with Crippen molar-refractivity contribution in [3.05, 3.63) is 0 Å². The van der Waals surface area contributed by atoms with E-state index in [4.69, 9.17) is 4.74 Å². The first-order valence-electron chi connectivity index (χ1n) is 5.15. The molecule has 1 unspecified atom stereocenters. The van der Waals surface area contributed by atoms with Crippen molar-refractivity contribution in [2.75, 3.05) is 6.61 Å². The highest BCUT2D eigenvalue weighted by atomic mass is 16.8. The van der Waals surface area contributed by atoms with Gasteiger partial charge in [0.05, 0.1) is 6.61 Å². The molecule has 1 atom stereocenters. The minimum absolute atomic E-state index is 0.256. The molecule has 88 valence electrons. The molecule has 0 N–H and O–H groups in total. The SMILES string of the molecule is CCCCOC(=O)OC(=O)OC(C)CC. The zero-order chi connectivity index (χ0) is 11.7. The summed E-state index contributed by atoms with van der Waals surface area (Å²) in [4.78, 5) is 21.8. The van der Waals surface area contributed by atoms with Gasteiger partial charge in [-0.15, -0.1) is 0 Å². The summed E-state index contributed by atoms with van der Waals surface area (Å²) in [6.45, 7) is 5.79. The molecule has 0 saturated carbocycles. The lowest BCUT2D eigenvalue weighted by atomic mass is 10.3. The first-order chi connectivity index (χ1) is 7.10. The first kappa shape index (κ1) is 13.7. The maximum atomic E-state index is 10.9. The quantitative estimate of drug-likeness (QED) is 0.403. The van der Waals surface area contributed by atoms with E-state index < -0.39 is 12.3 Å². The molecule has 0 bridgehead atoms. The summed E-state index contributed by atoms with van der Waals surface area (Å²) in [5.74, 6) is 0. The third-order valence-electron chi connectivity index (χ3n) is 1.76. The van der Waals surface area contributed by atoms with Gasteiger partial charge in [-0.3, -0.25) is 0 Å². The number of unbranched alkanes of at least 4 members (excludes halogenated alkanes) is 1. The number of hydrogen-bond acceptors (Lipinski definition) is 5. The van der Waals surface area contributed by atoms with Crippen LogP contribution < -0.4 is 0 Å². The fraction of sp³-hybridized carbons (Fsp3) is 0.800. The second-order valence-corrected chi connectivity index (χ2v) is 3.14. The van der Waals surface area contributed by atoms with Crippen LogP contribution in [0.25, 0.3) is 0 Å². The molecule has 5 nitrogen and oxygen atoms in total. The van der Waals surface area contributed by atoms with E-state index in [0.717, 1.165) is 12.8 Å². The molecule has 0 aliphatic heterocycles. The number of ether oxygens (including phenoxy) is 3. The van der Waals surface area contributed by atoms with Crippen molar-refractivity contribution in [1.82, 2.24) is 0 Å². The molecule has 0 spiro atoms. The van der Waals surface area contributed by atoms with Crippen LogP contribution in [0, 0.1) is 0 Å². The van der Waals surface area contributed by atoms with Crippen molar-refractivity contribution in [1.29, 1.82) is 0 Å². The Morgan fingerprint density at radius 1 is 1.20 bits per heavy atom. The fourth-order valence-corrected chi connectivity index (χ4v) is 0.669. The van der Waals surface area contributed by atoms with Crippen LogP contribution >= 0.6 is 0 Å². The largest absolute Gasteiger partial charge is 0.518 e. The molecule has 0 aromatic carbocycles. The van der Waals surface area contributed by atoms with Gasteiger partial charge in [0, 0.05) is 0 Å². The average molecular weight is 218 g/mol. The highest BCUT2D eigenvalue weighted by Crippen LogP contribution is 2.00. The highest BCUT2D eigenvalue weighted by Gasteiger charge is 2.14. The Labute approximate surface area is 89.7 Å². The summed E-state index contributed by atoms with van der Waals surface area (Å²) in [6.07, 6.45) is 0.0450. The van der Waals surface area contributed by atoms with Crippen LogP contribution in [-0.2, 0) is 14.2 Å². The Morgan fingerprint density at radius 2 is 1.87 bits per heavy atom. The molecule has 0 amide bonds. The molecular weight excluding hydrogens is 200 g/mol. The number of carbonyl (C=O) groups is 2. The minimum atomic E-state index is -1.01. The van der Waals surface area contributed by atoms with Crippen molar-refractivity contribution in [2.24, 2.45) is 0 Å². The minimum Gasteiger partial charge on any atom is -0.434 e. The number of hydrogen-bond donors (Lipinski definition) is 0. The van der Waals surface area contributed by atoms with E-state index in [1.54, 1.807) is 6.92 Å². The topological polar surface area (TPSA) is 61.8 Å². The van der Waals surface area contributed by atoms with Crippen molar-refractivity contribution in [2.45, 2.75) is 46.1 Å². The van der Waals surface area contributed by atoms with Crippen LogP contribution in [0.2, 0.25) is 0 Å². The molecule has 0 aromatic rings. The van der Waals surface area contributed by atoms with Crippen LogP contribution in [0.15, 0.2) is 0 Å². The van der Waals surface area contributed by atoms with Gasteiger partial charge in [0.25, 0.3) is 0 Å². The lowest BCUT2D eigenvalue weighted by Crippen LogP contribution is -2.19. The van der Waals surface area contributed by atoms with E-state index in [9.17, 15) is 9.59 Å². The van der Waals surface area contributed by atoms with Crippen LogP contribution in [-0.4, -0.2) is 25.0 Å². The van der Waals surface area contributed by atoms with Crippen molar-refractivity contribution in [3.8, 4) is 0 Å². The van der Waals surface area contributed by atoms with E-state index in [2.05, 4.69) is 9.47 Å². The summed E-state index contributed by atoms with van der Waals surface area (Å²) >= 11 is 0. The fourth-order valence-electron chi connectivity index (χ4n) is 0.669. The maximum Gasteiger partial charge on any atom is 0.518 e. The molecule has 5 heteroatoms. The van der Waals surface area contributed by atoms with E-state index in [-0.39, 0.29) is 12.7 Å². The number of rotatable bonds is 5. The standard InChI is InChI=1S/C10H18O5/c1-4-6-7-13-9(11)15-10(12)14-8(3)5-2/h8H,4-7H2,1-3H3. The Balaban J connectivity index is 3.62. The van der Waals surface area contributed by atoms with Gasteiger partial charge in [-0.25, -0.2) is 9.59 Å². The third kappa shape index (κ3) is 7.78. The Hall–Kier alpha value is -1.26. The zero-order valence-corrected chi connectivity index (χ0v) is 9.45. The Bertz CT molecular complexity index is 202. The molecular formula is C10H18O5. The van der Waals surface area contributed by atoms with Gasteiger partial charge in [0.2, 0.25) is 0 Å². The average Bonchev–Trinajstić information content (AvgIpc) is 2.17. The van der Waals surface area contributed by atoms with Crippen LogP contribution in [0.5, 0.6) is 0 Å². The van der Waals surface area contributed by atoms with Gasteiger partial charge in [-0.1, -0.05) is 20.3 Å². The molecule has 0 aromatic heterocycles.